The highest BCUT2D eigenvalue weighted by Crippen LogP contribution is 2.45. The minimum Gasteiger partial charge on any atom is -0.460 e. The Balaban J connectivity index is 1.87. The summed E-state index contributed by atoms with van der Waals surface area (Å²) >= 11 is 0. The Morgan fingerprint density at radius 2 is 1.79 bits per heavy atom. The van der Waals surface area contributed by atoms with Gasteiger partial charge in [0.15, 0.2) is 0 Å². The number of hydrogen-bond donors (Lipinski definition) is 2. The van der Waals surface area contributed by atoms with Gasteiger partial charge in [-0.15, -0.1) is 0 Å². The Hall–Kier alpha value is -2.22. The second-order valence-electron chi connectivity index (χ2n) is 10.1. The zero-order valence-corrected chi connectivity index (χ0v) is 20.1. The molecule has 33 heavy (non-hydrogen) atoms. The zero-order chi connectivity index (χ0) is 24.4. The normalized spacial score (nSPS) is 36.8. The van der Waals surface area contributed by atoms with Crippen molar-refractivity contribution in [3.05, 3.63) is 42.0 Å². The third-order valence-corrected chi connectivity index (χ3v) is 6.80. The van der Waals surface area contributed by atoms with E-state index in [1.807, 2.05) is 44.2 Å². The molecule has 2 bridgehead atoms. The fraction of sp³-hybridized carbons (Fsp3) is 0.615. The van der Waals surface area contributed by atoms with E-state index in [1.54, 1.807) is 19.9 Å². The van der Waals surface area contributed by atoms with Gasteiger partial charge in [-0.05, 0) is 44.2 Å². The Kier molecular flexibility index (Phi) is 7.66. The average molecular weight is 461 g/mol. The van der Waals surface area contributed by atoms with E-state index in [4.69, 9.17) is 14.2 Å². The van der Waals surface area contributed by atoms with Crippen molar-refractivity contribution in [3.8, 4) is 0 Å². The summed E-state index contributed by atoms with van der Waals surface area (Å²) in [5.41, 5.74) is -1.84. The summed E-state index contributed by atoms with van der Waals surface area (Å²) in [5.74, 6) is -1.20. The van der Waals surface area contributed by atoms with E-state index in [9.17, 15) is 19.8 Å². The van der Waals surface area contributed by atoms with E-state index < -0.39 is 47.6 Å². The number of ether oxygens (including phenoxy) is 3. The molecule has 2 heterocycles. The van der Waals surface area contributed by atoms with Gasteiger partial charge in [0, 0.05) is 25.3 Å². The van der Waals surface area contributed by atoms with Crippen LogP contribution in [0.5, 0.6) is 0 Å². The van der Waals surface area contributed by atoms with Crippen molar-refractivity contribution in [2.75, 3.05) is 0 Å². The summed E-state index contributed by atoms with van der Waals surface area (Å²) in [4.78, 5) is 24.4. The van der Waals surface area contributed by atoms with Gasteiger partial charge in [0.25, 0.3) is 0 Å². The van der Waals surface area contributed by atoms with Crippen molar-refractivity contribution in [3.63, 3.8) is 0 Å². The largest absolute Gasteiger partial charge is 0.460 e. The van der Waals surface area contributed by atoms with Crippen molar-refractivity contribution in [2.45, 2.75) is 89.5 Å². The van der Waals surface area contributed by atoms with Crippen molar-refractivity contribution in [2.24, 2.45) is 11.8 Å². The predicted molar refractivity (Wildman–Crippen MR) is 123 cm³/mol. The summed E-state index contributed by atoms with van der Waals surface area (Å²) in [6.45, 7) is 8.58. The molecule has 2 saturated heterocycles. The van der Waals surface area contributed by atoms with Crippen LogP contribution in [0.3, 0.4) is 0 Å². The van der Waals surface area contributed by atoms with Crippen molar-refractivity contribution >= 4 is 18.0 Å². The van der Waals surface area contributed by atoms with Crippen LogP contribution in [0.2, 0.25) is 0 Å². The van der Waals surface area contributed by atoms with E-state index in [-0.39, 0.29) is 31.1 Å². The van der Waals surface area contributed by atoms with Gasteiger partial charge in [0.05, 0.1) is 11.7 Å². The van der Waals surface area contributed by atoms with Crippen LogP contribution >= 0.6 is 0 Å². The Labute approximate surface area is 195 Å². The monoisotopic (exact) mass is 460 g/mol. The minimum absolute atomic E-state index is 0.0501. The van der Waals surface area contributed by atoms with E-state index in [1.165, 1.54) is 13.0 Å². The molecule has 2 aliphatic heterocycles. The number of carbonyl (C=O) groups is 2. The topological polar surface area (TPSA) is 102 Å². The molecule has 2 N–H and O–H groups in total. The zero-order valence-electron chi connectivity index (χ0n) is 20.1. The maximum absolute atomic E-state index is 12.7. The molecule has 7 nitrogen and oxygen atoms in total. The number of aliphatic hydroxyl groups is 2. The van der Waals surface area contributed by atoms with Gasteiger partial charge in [0.1, 0.15) is 23.9 Å². The van der Waals surface area contributed by atoms with Gasteiger partial charge in [-0.1, -0.05) is 44.2 Å². The fourth-order valence-electron chi connectivity index (χ4n) is 5.11. The van der Waals surface area contributed by atoms with Crippen LogP contribution < -0.4 is 0 Å². The Morgan fingerprint density at radius 1 is 1.12 bits per heavy atom. The highest BCUT2D eigenvalue weighted by atomic mass is 16.6. The van der Waals surface area contributed by atoms with E-state index in [2.05, 4.69) is 0 Å². The Bertz CT molecular complexity index is 859. The third-order valence-electron chi connectivity index (χ3n) is 6.80. The van der Waals surface area contributed by atoms with Gasteiger partial charge in [0.2, 0.25) is 0 Å². The molecule has 0 aliphatic carbocycles. The van der Waals surface area contributed by atoms with Gasteiger partial charge >= 0.3 is 11.9 Å². The average Bonchev–Trinajstić information content (AvgIpc) is 3.08. The first-order valence-corrected chi connectivity index (χ1v) is 11.6. The minimum atomic E-state index is -1.36. The van der Waals surface area contributed by atoms with Crippen molar-refractivity contribution < 1.29 is 34.0 Å². The molecule has 0 aromatic heterocycles. The highest BCUT2D eigenvalue weighted by Gasteiger charge is 2.57. The number of hydrogen-bond acceptors (Lipinski definition) is 7. The molecule has 0 radical (unpaired) electrons. The van der Waals surface area contributed by atoms with Crippen LogP contribution in [-0.2, 0) is 23.8 Å². The summed E-state index contributed by atoms with van der Waals surface area (Å²) in [6.07, 6.45) is 1.01. The maximum atomic E-state index is 12.7. The molecule has 182 valence electrons. The van der Waals surface area contributed by atoms with Crippen molar-refractivity contribution in [1.29, 1.82) is 0 Å². The number of carbonyl (C=O) groups excluding carboxylic acids is 2. The smallest absolute Gasteiger partial charge is 0.331 e. The fourth-order valence-corrected chi connectivity index (χ4v) is 5.11. The lowest BCUT2D eigenvalue weighted by Gasteiger charge is -2.38. The van der Waals surface area contributed by atoms with Crippen LogP contribution in [0.15, 0.2) is 36.4 Å². The lowest BCUT2D eigenvalue weighted by molar-refractivity contribution is -0.167. The molecule has 1 aromatic carbocycles. The molecule has 1 aromatic rings. The van der Waals surface area contributed by atoms with E-state index in [0.717, 1.165) is 5.56 Å². The van der Waals surface area contributed by atoms with Crippen LogP contribution in [0, 0.1) is 11.8 Å². The third kappa shape index (κ3) is 6.02. The molecular formula is C26H36O7. The first-order valence-electron chi connectivity index (χ1n) is 11.6. The molecule has 0 amide bonds. The number of fused-ring (bicyclic) bond motifs is 2. The van der Waals surface area contributed by atoms with Crippen LogP contribution in [0.4, 0.5) is 0 Å². The van der Waals surface area contributed by atoms with E-state index in [0.29, 0.717) is 0 Å². The van der Waals surface area contributed by atoms with Gasteiger partial charge in [-0.2, -0.15) is 0 Å². The summed E-state index contributed by atoms with van der Waals surface area (Å²) in [7, 11) is 0. The van der Waals surface area contributed by atoms with Crippen molar-refractivity contribution in [1.82, 2.24) is 0 Å². The van der Waals surface area contributed by atoms with Crippen LogP contribution in [0.25, 0.3) is 6.08 Å². The van der Waals surface area contributed by atoms with Crippen LogP contribution in [-0.4, -0.2) is 57.8 Å². The standard InChI is InChI=1S/C26H36O7/c1-16(2)22-19-15-26(5,30)20(31-17(3)27)13-14-25(4,29)24(32-19)23(22)33-21(28)12-11-18-9-7-6-8-10-18/h6-12,16,19-20,22-24,29-30H,13-15H2,1-5H3/t19-,20-,22-,23+,24-,25+,26+/m0/s1. The summed E-state index contributed by atoms with van der Waals surface area (Å²) < 4.78 is 17.6. The molecule has 2 fully saturated rings. The Morgan fingerprint density at radius 3 is 2.39 bits per heavy atom. The molecule has 7 heteroatoms. The summed E-state index contributed by atoms with van der Waals surface area (Å²) in [6, 6.07) is 9.44. The molecule has 0 unspecified atom stereocenters. The van der Waals surface area contributed by atoms with Gasteiger partial charge < -0.3 is 24.4 Å². The first kappa shape index (κ1) is 25.4. The number of benzene rings is 1. The number of rotatable bonds is 5. The molecular weight excluding hydrogens is 424 g/mol. The van der Waals surface area contributed by atoms with Gasteiger partial charge in [-0.3, -0.25) is 4.79 Å². The molecule has 0 spiro atoms. The predicted octanol–water partition coefficient (Wildman–Crippen LogP) is 3.27. The molecule has 0 saturated carbocycles. The molecule has 2 aliphatic rings. The molecule has 7 atom stereocenters. The van der Waals surface area contributed by atoms with Crippen LogP contribution in [0.1, 0.15) is 59.4 Å². The second-order valence-corrected chi connectivity index (χ2v) is 10.1. The lowest BCUT2D eigenvalue weighted by atomic mass is 9.75. The second kappa shape index (κ2) is 9.95. The highest BCUT2D eigenvalue weighted by molar-refractivity contribution is 5.87. The molecule has 3 rings (SSSR count). The lowest BCUT2D eigenvalue weighted by Crippen LogP contribution is -2.51. The first-order chi connectivity index (χ1) is 15.4. The SMILES string of the molecule is CC(=O)O[C@H]1CC[C@@](C)(O)[C@H]2O[C@@H](C[C@@]1(C)O)[C@H](C(C)C)[C@H]2OC(=O)C=Cc1ccccc1. The van der Waals surface area contributed by atoms with Gasteiger partial charge in [-0.25, -0.2) is 4.79 Å². The van der Waals surface area contributed by atoms with E-state index >= 15 is 0 Å². The quantitative estimate of drug-likeness (QED) is 0.514. The maximum Gasteiger partial charge on any atom is 0.331 e. The number of esters is 2. The summed E-state index contributed by atoms with van der Waals surface area (Å²) in [5, 5.41) is 22.6.